The molecule has 2 aromatic carbocycles. The normalized spacial score (nSPS) is 21.9. The van der Waals surface area contributed by atoms with Crippen molar-refractivity contribution >= 4 is 23.3 Å². The summed E-state index contributed by atoms with van der Waals surface area (Å²) < 4.78 is 10.6. The standard InChI is InChI=1S/C26H30N2O7/c1-5-34-24(29)22-20(27-18-12-10-16(3)11-13-18)15-26(4,31)23(25(30)35-6-2)21(22)17-8-7-9-19(14-17)28(32)33/h7-14,21,23,27,31H,5-6,15H2,1-4H3/t21-,23+,26+/m0/s1. The number of aryl methyl sites for hydroxylation is 1. The van der Waals surface area contributed by atoms with Gasteiger partial charge in [-0.25, -0.2) is 4.79 Å². The van der Waals surface area contributed by atoms with Crippen molar-refractivity contribution in [2.75, 3.05) is 18.5 Å². The molecule has 35 heavy (non-hydrogen) atoms. The Labute approximate surface area is 203 Å². The van der Waals surface area contributed by atoms with E-state index in [1.807, 2.05) is 31.2 Å². The maximum absolute atomic E-state index is 13.3. The van der Waals surface area contributed by atoms with Crippen LogP contribution in [0.15, 0.2) is 59.8 Å². The molecule has 9 nitrogen and oxygen atoms in total. The molecule has 0 unspecified atom stereocenters. The Hall–Kier alpha value is -3.72. The van der Waals surface area contributed by atoms with E-state index in [1.54, 1.807) is 19.9 Å². The number of rotatable bonds is 8. The molecule has 0 radical (unpaired) electrons. The minimum atomic E-state index is -1.63. The van der Waals surface area contributed by atoms with Crippen molar-refractivity contribution in [3.8, 4) is 0 Å². The van der Waals surface area contributed by atoms with Gasteiger partial charge in [-0.3, -0.25) is 14.9 Å². The fraction of sp³-hybridized carbons (Fsp3) is 0.385. The predicted molar refractivity (Wildman–Crippen MR) is 130 cm³/mol. The first-order chi connectivity index (χ1) is 16.6. The maximum Gasteiger partial charge on any atom is 0.336 e. The molecule has 1 aliphatic carbocycles. The minimum Gasteiger partial charge on any atom is -0.466 e. The Balaban J connectivity index is 2.28. The SMILES string of the molecule is CCOC(=O)C1=C(Nc2ccc(C)cc2)C[C@@](C)(O)[C@@H](C(=O)OCC)[C@H]1c1cccc([N+](=O)[O-])c1. The highest BCUT2D eigenvalue weighted by atomic mass is 16.6. The van der Waals surface area contributed by atoms with Gasteiger partial charge in [-0.1, -0.05) is 29.8 Å². The molecular weight excluding hydrogens is 452 g/mol. The molecule has 0 spiro atoms. The number of anilines is 1. The summed E-state index contributed by atoms with van der Waals surface area (Å²) in [5, 5.41) is 26.2. The highest BCUT2D eigenvalue weighted by Crippen LogP contribution is 2.48. The maximum atomic E-state index is 13.3. The van der Waals surface area contributed by atoms with Crippen molar-refractivity contribution in [3.05, 3.63) is 81.0 Å². The van der Waals surface area contributed by atoms with Crippen LogP contribution in [0.3, 0.4) is 0 Å². The first-order valence-corrected chi connectivity index (χ1v) is 11.5. The number of carbonyl (C=O) groups is 2. The van der Waals surface area contributed by atoms with Gasteiger partial charge in [0.25, 0.3) is 5.69 Å². The second-order valence-corrected chi connectivity index (χ2v) is 8.70. The van der Waals surface area contributed by atoms with E-state index in [-0.39, 0.29) is 30.9 Å². The van der Waals surface area contributed by atoms with Crippen LogP contribution >= 0.6 is 0 Å². The third-order valence-electron chi connectivity index (χ3n) is 6.00. The van der Waals surface area contributed by atoms with Crippen LogP contribution < -0.4 is 5.32 Å². The number of non-ortho nitro benzene ring substituents is 1. The van der Waals surface area contributed by atoms with E-state index in [0.29, 0.717) is 16.9 Å². The Morgan fingerprint density at radius 3 is 2.40 bits per heavy atom. The van der Waals surface area contributed by atoms with E-state index in [9.17, 15) is 24.8 Å². The molecule has 0 saturated heterocycles. The van der Waals surface area contributed by atoms with Crippen LogP contribution in [-0.2, 0) is 19.1 Å². The van der Waals surface area contributed by atoms with Gasteiger partial charge in [0, 0.05) is 35.9 Å². The van der Waals surface area contributed by atoms with Crippen LogP contribution in [0.25, 0.3) is 0 Å². The van der Waals surface area contributed by atoms with E-state index in [0.717, 1.165) is 5.56 Å². The van der Waals surface area contributed by atoms with Crippen molar-refractivity contribution in [1.29, 1.82) is 0 Å². The van der Waals surface area contributed by atoms with Gasteiger partial charge in [-0.15, -0.1) is 0 Å². The van der Waals surface area contributed by atoms with Crippen molar-refractivity contribution in [1.82, 2.24) is 0 Å². The largest absolute Gasteiger partial charge is 0.466 e. The summed E-state index contributed by atoms with van der Waals surface area (Å²) in [6.45, 7) is 6.90. The second-order valence-electron chi connectivity index (χ2n) is 8.70. The lowest BCUT2D eigenvalue weighted by Gasteiger charge is -2.43. The van der Waals surface area contributed by atoms with Crippen molar-refractivity contribution in [3.63, 3.8) is 0 Å². The molecule has 2 N–H and O–H groups in total. The average molecular weight is 483 g/mol. The summed E-state index contributed by atoms with van der Waals surface area (Å²) in [5.41, 5.74) is 0.699. The molecule has 2 aromatic rings. The number of benzene rings is 2. The fourth-order valence-electron chi connectivity index (χ4n) is 4.47. The number of carbonyl (C=O) groups excluding carboxylic acids is 2. The lowest BCUT2D eigenvalue weighted by molar-refractivity contribution is -0.384. The van der Waals surface area contributed by atoms with Gasteiger partial charge in [0.1, 0.15) is 0 Å². The summed E-state index contributed by atoms with van der Waals surface area (Å²) in [7, 11) is 0. The van der Waals surface area contributed by atoms with Gasteiger partial charge < -0.3 is 19.9 Å². The lowest BCUT2D eigenvalue weighted by Crippen LogP contribution is -2.49. The topological polar surface area (TPSA) is 128 Å². The van der Waals surface area contributed by atoms with Gasteiger partial charge >= 0.3 is 11.9 Å². The zero-order chi connectivity index (χ0) is 25.8. The number of esters is 2. The van der Waals surface area contributed by atoms with E-state index >= 15 is 0 Å². The quantitative estimate of drug-likeness (QED) is 0.325. The highest BCUT2D eigenvalue weighted by molar-refractivity contribution is 5.94. The van der Waals surface area contributed by atoms with Crippen LogP contribution in [0, 0.1) is 23.0 Å². The number of nitrogens with one attached hydrogen (secondary N) is 1. The first kappa shape index (κ1) is 25.9. The number of hydrogen-bond acceptors (Lipinski definition) is 8. The lowest BCUT2D eigenvalue weighted by atomic mass is 9.65. The number of ether oxygens (including phenoxy) is 2. The third-order valence-corrected chi connectivity index (χ3v) is 6.00. The summed E-state index contributed by atoms with van der Waals surface area (Å²) >= 11 is 0. The summed E-state index contributed by atoms with van der Waals surface area (Å²) in [6.07, 6.45) is -0.0655. The van der Waals surface area contributed by atoms with Gasteiger partial charge in [0.05, 0.1) is 35.2 Å². The number of aliphatic hydroxyl groups is 1. The minimum absolute atomic E-state index is 0.0655. The van der Waals surface area contributed by atoms with E-state index < -0.39 is 34.3 Å². The van der Waals surface area contributed by atoms with Gasteiger partial charge in [0.15, 0.2) is 0 Å². The Bertz CT molecular complexity index is 1140. The smallest absolute Gasteiger partial charge is 0.336 e. The molecule has 0 saturated carbocycles. The summed E-state index contributed by atoms with van der Waals surface area (Å²) in [4.78, 5) is 37.4. The summed E-state index contributed by atoms with van der Waals surface area (Å²) in [5.74, 6) is -3.63. The van der Waals surface area contributed by atoms with Crippen LogP contribution in [0.5, 0.6) is 0 Å². The van der Waals surface area contributed by atoms with Gasteiger partial charge in [-0.05, 0) is 45.4 Å². The zero-order valence-electron chi connectivity index (χ0n) is 20.2. The molecule has 186 valence electrons. The molecule has 0 aromatic heterocycles. The van der Waals surface area contributed by atoms with Crippen LogP contribution in [0.1, 0.15) is 44.2 Å². The molecule has 3 atom stereocenters. The molecule has 0 amide bonds. The Morgan fingerprint density at radius 1 is 1.14 bits per heavy atom. The van der Waals surface area contributed by atoms with E-state index in [4.69, 9.17) is 9.47 Å². The predicted octanol–water partition coefficient (Wildman–Crippen LogP) is 4.25. The van der Waals surface area contributed by atoms with E-state index in [2.05, 4.69) is 5.32 Å². The van der Waals surface area contributed by atoms with Gasteiger partial charge in [0.2, 0.25) is 0 Å². The number of hydrogen-bond donors (Lipinski definition) is 2. The molecular formula is C26H30N2O7. The third kappa shape index (κ3) is 5.68. The Kier molecular flexibility index (Phi) is 7.91. The molecule has 3 rings (SSSR count). The molecule has 1 aliphatic rings. The van der Waals surface area contributed by atoms with Gasteiger partial charge in [-0.2, -0.15) is 0 Å². The number of nitro benzene ring substituents is 1. The van der Waals surface area contributed by atoms with Crippen molar-refractivity contribution in [2.45, 2.75) is 45.6 Å². The van der Waals surface area contributed by atoms with Crippen LogP contribution in [0.4, 0.5) is 11.4 Å². The number of nitrogens with zero attached hydrogens (tertiary/aromatic N) is 1. The molecule has 0 aliphatic heterocycles. The van der Waals surface area contributed by atoms with Crippen molar-refractivity contribution < 1.29 is 29.1 Å². The fourth-order valence-corrected chi connectivity index (χ4v) is 4.47. The number of nitro groups is 1. The van der Waals surface area contributed by atoms with Crippen LogP contribution in [-0.4, -0.2) is 40.8 Å². The molecule has 0 heterocycles. The van der Waals surface area contributed by atoms with E-state index in [1.165, 1.54) is 25.1 Å². The Morgan fingerprint density at radius 2 is 1.80 bits per heavy atom. The zero-order valence-corrected chi connectivity index (χ0v) is 20.2. The highest BCUT2D eigenvalue weighted by Gasteiger charge is 2.52. The monoisotopic (exact) mass is 482 g/mol. The second kappa shape index (κ2) is 10.7. The molecule has 0 fully saturated rings. The molecule has 9 heteroatoms. The molecule has 0 bridgehead atoms. The summed E-state index contributed by atoms with van der Waals surface area (Å²) in [6, 6.07) is 13.2. The average Bonchev–Trinajstić information content (AvgIpc) is 2.79. The van der Waals surface area contributed by atoms with Crippen LogP contribution in [0.2, 0.25) is 0 Å². The first-order valence-electron chi connectivity index (χ1n) is 11.5. The van der Waals surface area contributed by atoms with Crippen molar-refractivity contribution in [2.24, 2.45) is 5.92 Å².